The lowest BCUT2D eigenvalue weighted by Gasteiger charge is -2.29. The van der Waals surface area contributed by atoms with Crippen molar-refractivity contribution in [3.63, 3.8) is 0 Å². The fourth-order valence-electron chi connectivity index (χ4n) is 2.25. The molecule has 19 heavy (non-hydrogen) atoms. The SMILES string of the molecule is CO[Si](CC(C)CN(C)c1ccccc1)(OC)OC. The van der Waals surface area contributed by atoms with Crippen molar-refractivity contribution in [2.45, 2.75) is 13.0 Å². The minimum Gasteiger partial charge on any atom is -0.377 e. The Bertz CT molecular complexity index is 349. The third-order valence-corrected chi connectivity index (χ3v) is 6.38. The number of anilines is 1. The quantitative estimate of drug-likeness (QED) is 0.686. The molecule has 0 bridgehead atoms. The van der Waals surface area contributed by atoms with Gasteiger partial charge in [0.25, 0.3) is 0 Å². The van der Waals surface area contributed by atoms with Gasteiger partial charge in [-0.3, -0.25) is 0 Å². The summed E-state index contributed by atoms with van der Waals surface area (Å²) in [6, 6.07) is 11.2. The number of nitrogens with zero attached hydrogens (tertiary/aromatic N) is 1. The van der Waals surface area contributed by atoms with Crippen LogP contribution in [0.5, 0.6) is 0 Å². The maximum Gasteiger partial charge on any atom is 0.500 e. The zero-order chi connectivity index (χ0) is 14.3. The van der Waals surface area contributed by atoms with Crippen LogP contribution in [0.3, 0.4) is 0 Å². The summed E-state index contributed by atoms with van der Waals surface area (Å²) in [5.74, 6) is 0.428. The lowest BCUT2D eigenvalue weighted by molar-refractivity contribution is 0.119. The minimum atomic E-state index is -2.47. The van der Waals surface area contributed by atoms with Gasteiger partial charge in [-0.25, -0.2) is 0 Å². The predicted molar refractivity (Wildman–Crippen MR) is 80.5 cm³/mol. The molecule has 0 amide bonds. The summed E-state index contributed by atoms with van der Waals surface area (Å²) in [7, 11) is 4.60. The van der Waals surface area contributed by atoms with Crippen molar-refractivity contribution in [2.75, 3.05) is 39.8 Å². The van der Waals surface area contributed by atoms with Crippen molar-refractivity contribution in [1.82, 2.24) is 0 Å². The number of benzene rings is 1. The van der Waals surface area contributed by atoms with Gasteiger partial charge in [-0.1, -0.05) is 25.1 Å². The Balaban J connectivity index is 2.57. The molecule has 1 aromatic carbocycles. The smallest absolute Gasteiger partial charge is 0.377 e. The van der Waals surface area contributed by atoms with Gasteiger partial charge in [0.05, 0.1) is 0 Å². The first-order valence-corrected chi connectivity index (χ1v) is 8.41. The van der Waals surface area contributed by atoms with Gasteiger partial charge >= 0.3 is 8.80 Å². The van der Waals surface area contributed by atoms with E-state index in [-0.39, 0.29) is 0 Å². The third kappa shape index (κ3) is 4.61. The van der Waals surface area contributed by atoms with Gasteiger partial charge in [-0.2, -0.15) is 0 Å². The molecule has 0 saturated carbocycles. The van der Waals surface area contributed by atoms with E-state index in [1.165, 1.54) is 5.69 Å². The molecule has 0 N–H and O–H groups in total. The van der Waals surface area contributed by atoms with Crippen molar-refractivity contribution < 1.29 is 13.3 Å². The zero-order valence-corrected chi connectivity index (χ0v) is 13.6. The molecule has 1 unspecified atom stereocenters. The Labute approximate surface area is 117 Å². The second-order valence-electron chi connectivity index (χ2n) is 4.82. The van der Waals surface area contributed by atoms with Gasteiger partial charge < -0.3 is 18.2 Å². The zero-order valence-electron chi connectivity index (χ0n) is 12.6. The fourth-order valence-corrected chi connectivity index (χ4v) is 4.23. The standard InChI is InChI=1S/C14H25NO3Si/c1-13(12-19(16-3,17-4)18-5)11-15(2)14-9-7-6-8-10-14/h6-10,13H,11-12H2,1-5H3. The second-order valence-corrected chi connectivity index (χ2v) is 7.82. The molecule has 0 heterocycles. The minimum absolute atomic E-state index is 0.428. The van der Waals surface area contributed by atoms with E-state index in [0.717, 1.165) is 12.6 Å². The molecule has 0 saturated heterocycles. The second kappa shape index (κ2) is 7.64. The van der Waals surface area contributed by atoms with Crippen molar-refractivity contribution in [3.8, 4) is 0 Å². The highest BCUT2D eigenvalue weighted by Gasteiger charge is 2.39. The molecule has 1 aromatic rings. The van der Waals surface area contributed by atoms with E-state index in [2.05, 4.69) is 43.1 Å². The van der Waals surface area contributed by atoms with Gasteiger partial charge in [-0.05, 0) is 18.1 Å². The molecule has 5 heteroatoms. The highest BCUT2D eigenvalue weighted by molar-refractivity contribution is 6.60. The van der Waals surface area contributed by atoms with Crippen LogP contribution in [-0.4, -0.2) is 43.7 Å². The van der Waals surface area contributed by atoms with E-state index < -0.39 is 8.80 Å². The summed E-state index contributed by atoms with van der Waals surface area (Å²) < 4.78 is 16.4. The summed E-state index contributed by atoms with van der Waals surface area (Å²) in [6.07, 6.45) is 0. The molecule has 0 aromatic heterocycles. The first-order valence-electron chi connectivity index (χ1n) is 6.48. The number of hydrogen-bond donors (Lipinski definition) is 0. The molecule has 0 radical (unpaired) electrons. The van der Waals surface area contributed by atoms with Crippen LogP contribution < -0.4 is 4.90 Å². The lowest BCUT2D eigenvalue weighted by atomic mass is 10.2. The highest BCUT2D eigenvalue weighted by Crippen LogP contribution is 2.21. The number of hydrogen-bond acceptors (Lipinski definition) is 4. The van der Waals surface area contributed by atoms with Gasteiger partial charge in [0.15, 0.2) is 0 Å². The van der Waals surface area contributed by atoms with Crippen molar-refractivity contribution in [1.29, 1.82) is 0 Å². The summed E-state index contributed by atoms with van der Waals surface area (Å²) in [5, 5.41) is 0. The van der Waals surface area contributed by atoms with Gasteiger partial charge in [0, 0.05) is 46.7 Å². The molecule has 1 atom stereocenters. The van der Waals surface area contributed by atoms with Gasteiger partial charge in [0.1, 0.15) is 0 Å². The molecule has 0 aliphatic carbocycles. The number of rotatable bonds is 8. The van der Waals surface area contributed by atoms with Crippen LogP contribution in [-0.2, 0) is 13.3 Å². The Morgan fingerprint density at radius 2 is 1.58 bits per heavy atom. The Kier molecular flexibility index (Phi) is 6.51. The first kappa shape index (κ1) is 16.2. The van der Waals surface area contributed by atoms with E-state index in [4.69, 9.17) is 13.3 Å². The molecular formula is C14H25NO3Si. The summed E-state index contributed by atoms with van der Waals surface area (Å²) in [4.78, 5) is 2.24. The van der Waals surface area contributed by atoms with Crippen molar-refractivity contribution >= 4 is 14.5 Å². The molecule has 0 aliphatic rings. The third-order valence-electron chi connectivity index (χ3n) is 3.31. The molecule has 0 aliphatic heterocycles. The molecule has 0 spiro atoms. The van der Waals surface area contributed by atoms with Gasteiger partial charge in [-0.15, -0.1) is 0 Å². The average molecular weight is 283 g/mol. The van der Waals surface area contributed by atoms with E-state index in [0.29, 0.717) is 5.92 Å². The average Bonchev–Trinajstić information content (AvgIpc) is 2.46. The molecule has 108 valence electrons. The highest BCUT2D eigenvalue weighted by atomic mass is 28.4. The van der Waals surface area contributed by atoms with Crippen molar-refractivity contribution in [2.24, 2.45) is 5.92 Å². The first-order chi connectivity index (χ1) is 9.06. The molecule has 4 nitrogen and oxygen atoms in total. The van der Waals surface area contributed by atoms with Crippen LogP contribution in [0, 0.1) is 5.92 Å². The summed E-state index contributed by atoms with van der Waals surface area (Å²) in [6.45, 7) is 3.13. The van der Waals surface area contributed by atoms with Crippen LogP contribution in [0.1, 0.15) is 6.92 Å². The molecule has 0 fully saturated rings. The molecule has 1 rings (SSSR count). The number of para-hydroxylation sites is 1. The fraction of sp³-hybridized carbons (Fsp3) is 0.571. The molecular weight excluding hydrogens is 258 g/mol. The normalized spacial score (nSPS) is 13.3. The summed E-state index contributed by atoms with van der Waals surface area (Å²) in [5.41, 5.74) is 1.22. The topological polar surface area (TPSA) is 30.9 Å². The van der Waals surface area contributed by atoms with Crippen LogP contribution in [0.2, 0.25) is 6.04 Å². The Morgan fingerprint density at radius 1 is 1.05 bits per heavy atom. The van der Waals surface area contributed by atoms with E-state index in [9.17, 15) is 0 Å². The summed E-state index contributed by atoms with van der Waals surface area (Å²) >= 11 is 0. The Morgan fingerprint density at radius 3 is 2.05 bits per heavy atom. The van der Waals surface area contributed by atoms with Crippen LogP contribution in [0.15, 0.2) is 30.3 Å². The largest absolute Gasteiger partial charge is 0.500 e. The van der Waals surface area contributed by atoms with E-state index >= 15 is 0 Å². The van der Waals surface area contributed by atoms with Crippen LogP contribution in [0.25, 0.3) is 0 Å². The maximum atomic E-state index is 5.47. The van der Waals surface area contributed by atoms with E-state index in [1.54, 1.807) is 21.3 Å². The maximum absolute atomic E-state index is 5.47. The predicted octanol–water partition coefficient (Wildman–Crippen LogP) is 2.64. The Hall–Kier alpha value is -0.883. The van der Waals surface area contributed by atoms with Crippen LogP contribution in [0.4, 0.5) is 5.69 Å². The van der Waals surface area contributed by atoms with E-state index in [1.807, 2.05) is 6.07 Å². The van der Waals surface area contributed by atoms with Gasteiger partial charge in [0.2, 0.25) is 0 Å². The monoisotopic (exact) mass is 283 g/mol. The van der Waals surface area contributed by atoms with Crippen molar-refractivity contribution in [3.05, 3.63) is 30.3 Å². The lowest BCUT2D eigenvalue weighted by Crippen LogP contribution is -2.45. The van der Waals surface area contributed by atoms with Crippen LogP contribution >= 0.6 is 0 Å².